The highest BCUT2D eigenvalue weighted by Crippen LogP contribution is 2.44. The first-order valence-electron chi connectivity index (χ1n) is 10.4. The average molecular weight is 409 g/mol. The number of amides is 1. The van der Waals surface area contributed by atoms with Crippen molar-refractivity contribution in [2.75, 3.05) is 7.11 Å². The summed E-state index contributed by atoms with van der Waals surface area (Å²) >= 11 is 0. The van der Waals surface area contributed by atoms with Crippen molar-refractivity contribution >= 4 is 16.7 Å². The Morgan fingerprint density at radius 2 is 1.61 bits per heavy atom. The molecule has 0 bridgehead atoms. The van der Waals surface area contributed by atoms with Gasteiger partial charge in [-0.3, -0.25) is 4.79 Å². The second-order valence-electron chi connectivity index (χ2n) is 7.83. The summed E-state index contributed by atoms with van der Waals surface area (Å²) in [4.78, 5) is 15.1. The van der Waals surface area contributed by atoms with Crippen molar-refractivity contribution in [2.24, 2.45) is 0 Å². The summed E-state index contributed by atoms with van der Waals surface area (Å²) in [5.74, 6) is 0.711. The number of hydrogen-bond donors (Lipinski definition) is 1. The highest BCUT2D eigenvalue weighted by Gasteiger charge is 2.41. The van der Waals surface area contributed by atoms with E-state index in [4.69, 9.17) is 4.74 Å². The minimum Gasteiger partial charge on any atom is -0.497 e. The molecular weight excluding hydrogens is 386 g/mol. The molecule has 0 radical (unpaired) electrons. The lowest BCUT2D eigenvalue weighted by Crippen LogP contribution is -2.31. The molecular formula is C27H23NO3. The topological polar surface area (TPSA) is 49.8 Å². The van der Waals surface area contributed by atoms with Gasteiger partial charge < -0.3 is 14.7 Å². The van der Waals surface area contributed by atoms with Crippen LogP contribution in [0.1, 0.15) is 39.2 Å². The van der Waals surface area contributed by atoms with Crippen molar-refractivity contribution in [1.29, 1.82) is 0 Å². The molecule has 0 aliphatic carbocycles. The van der Waals surface area contributed by atoms with Crippen molar-refractivity contribution in [3.63, 3.8) is 0 Å². The molecule has 1 amide bonds. The van der Waals surface area contributed by atoms with E-state index in [0.717, 1.165) is 33.2 Å². The molecule has 31 heavy (non-hydrogen) atoms. The SMILES string of the molecule is COc1ccc(CN2C(=O)c3ccccc3[C@@H]2[C@@H](O)c2cccc3ccccc23)cc1. The van der Waals surface area contributed by atoms with E-state index in [9.17, 15) is 9.90 Å². The first kappa shape index (κ1) is 19.3. The Balaban J connectivity index is 1.58. The Kier molecular flexibility index (Phi) is 4.92. The summed E-state index contributed by atoms with van der Waals surface area (Å²) in [6.07, 6.45) is -0.850. The van der Waals surface area contributed by atoms with Crippen LogP contribution in [0.4, 0.5) is 0 Å². The standard InChI is InChI=1S/C27H23NO3/c1-31-20-15-13-18(14-16-20)17-28-25(22-10-4-5-11-24(22)27(28)30)26(29)23-12-6-8-19-7-2-3-9-21(19)23/h2-16,25-26,29H,17H2,1H3/t25-,26+/m1/s1. The van der Waals surface area contributed by atoms with Crippen LogP contribution >= 0.6 is 0 Å². The van der Waals surface area contributed by atoms with Crippen molar-refractivity contribution < 1.29 is 14.6 Å². The molecule has 0 fully saturated rings. The van der Waals surface area contributed by atoms with Gasteiger partial charge in [-0.2, -0.15) is 0 Å². The van der Waals surface area contributed by atoms with E-state index in [1.165, 1.54) is 0 Å². The van der Waals surface area contributed by atoms with Crippen LogP contribution in [0.5, 0.6) is 5.75 Å². The zero-order valence-corrected chi connectivity index (χ0v) is 17.2. The number of aliphatic hydroxyl groups is 1. The highest BCUT2D eigenvalue weighted by atomic mass is 16.5. The van der Waals surface area contributed by atoms with Crippen LogP contribution in [0.25, 0.3) is 10.8 Å². The molecule has 0 spiro atoms. The lowest BCUT2D eigenvalue weighted by molar-refractivity contribution is 0.0404. The molecule has 4 heteroatoms. The summed E-state index contributed by atoms with van der Waals surface area (Å²) in [7, 11) is 1.63. The zero-order chi connectivity index (χ0) is 21.4. The smallest absolute Gasteiger partial charge is 0.255 e. The summed E-state index contributed by atoms with van der Waals surface area (Å²) in [6.45, 7) is 0.407. The molecule has 154 valence electrons. The van der Waals surface area contributed by atoms with Gasteiger partial charge in [0.2, 0.25) is 0 Å². The van der Waals surface area contributed by atoms with Crippen LogP contribution in [0.15, 0.2) is 91.0 Å². The van der Waals surface area contributed by atoms with Gasteiger partial charge >= 0.3 is 0 Å². The maximum absolute atomic E-state index is 13.3. The predicted octanol–water partition coefficient (Wildman–Crippen LogP) is 5.28. The van der Waals surface area contributed by atoms with Gasteiger partial charge in [0.15, 0.2) is 0 Å². The number of benzene rings is 4. The molecule has 1 N–H and O–H groups in total. The predicted molar refractivity (Wildman–Crippen MR) is 121 cm³/mol. The zero-order valence-electron chi connectivity index (χ0n) is 17.2. The fraction of sp³-hybridized carbons (Fsp3) is 0.148. The van der Waals surface area contributed by atoms with Gasteiger partial charge in [-0.25, -0.2) is 0 Å². The molecule has 1 aliphatic heterocycles. The van der Waals surface area contributed by atoms with Gasteiger partial charge in [-0.05, 0) is 45.7 Å². The summed E-state index contributed by atoms with van der Waals surface area (Å²) in [6, 6.07) is 28.8. The lowest BCUT2D eigenvalue weighted by Gasteiger charge is -2.30. The number of hydrogen-bond acceptors (Lipinski definition) is 3. The van der Waals surface area contributed by atoms with Gasteiger partial charge in [0.05, 0.1) is 13.2 Å². The van der Waals surface area contributed by atoms with E-state index in [-0.39, 0.29) is 5.91 Å². The lowest BCUT2D eigenvalue weighted by atomic mass is 9.92. The third-order valence-electron chi connectivity index (χ3n) is 6.06. The summed E-state index contributed by atoms with van der Waals surface area (Å²) in [5.41, 5.74) is 3.33. The number of methoxy groups -OCH3 is 1. The van der Waals surface area contributed by atoms with Crippen LogP contribution in [0.3, 0.4) is 0 Å². The molecule has 4 nitrogen and oxygen atoms in total. The van der Waals surface area contributed by atoms with Crippen LogP contribution in [-0.2, 0) is 6.54 Å². The van der Waals surface area contributed by atoms with Crippen molar-refractivity contribution in [1.82, 2.24) is 4.90 Å². The fourth-order valence-electron chi connectivity index (χ4n) is 4.52. The van der Waals surface area contributed by atoms with Gasteiger partial charge in [0, 0.05) is 12.1 Å². The van der Waals surface area contributed by atoms with Gasteiger partial charge in [-0.1, -0.05) is 72.8 Å². The first-order chi connectivity index (χ1) is 15.2. The van der Waals surface area contributed by atoms with Crippen LogP contribution in [0.2, 0.25) is 0 Å². The first-order valence-corrected chi connectivity index (χ1v) is 10.4. The highest BCUT2D eigenvalue weighted by molar-refractivity contribution is 5.99. The maximum Gasteiger partial charge on any atom is 0.255 e. The number of aliphatic hydroxyl groups excluding tert-OH is 1. The monoisotopic (exact) mass is 409 g/mol. The molecule has 4 aromatic carbocycles. The number of carbonyl (C=O) groups excluding carboxylic acids is 1. The van der Waals surface area contributed by atoms with Crippen LogP contribution < -0.4 is 4.74 Å². The second-order valence-corrected chi connectivity index (χ2v) is 7.83. The fourth-order valence-corrected chi connectivity index (χ4v) is 4.52. The molecule has 5 rings (SSSR count). The molecule has 4 aromatic rings. The third-order valence-corrected chi connectivity index (χ3v) is 6.06. The average Bonchev–Trinajstić information content (AvgIpc) is 3.10. The number of carbonyl (C=O) groups is 1. The van der Waals surface area contributed by atoms with E-state index in [2.05, 4.69) is 0 Å². The Morgan fingerprint density at radius 3 is 2.42 bits per heavy atom. The van der Waals surface area contributed by atoms with Gasteiger partial charge in [-0.15, -0.1) is 0 Å². The number of rotatable bonds is 5. The summed E-state index contributed by atoms with van der Waals surface area (Å²) in [5, 5.41) is 13.7. The van der Waals surface area contributed by atoms with Crippen molar-refractivity contribution in [3.05, 3.63) is 113 Å². The Hall–Kier alpha value is -3.63. The Morgan fingerprint density at radius 1 is 0.903 bits per heavy atom. The Bertz CT molecular complexity index is 1240. The van der Waals surface area contributed by atoms with E-state index in [1.54, 1.807) is 12.0 Å². The molecule has 2 atom stereocenters. The van der Waals surface area contributed by atoms with E-state index in [1.807, 2.05) is 91.0 Å². The van der Waals surface area contributed by atoms with Gasteiger partial charge in [0.25, 0.3) is 5.91 Å². The molecule has 0 unspecified atom stereocenters. The molecule has 0 saturated carbocycles. The normalized spacial score (nSPS) is 16.4. The molecule has 1 aliphatic rings. The number of ether oxygens (including phenoxy) is 1. The van der Waals surface area contributed by atoms with E-state index in [0.29, 0.717) is 12.1 Å². The third kappa shape index (κ3) is 3.35. The van der Waals surface area contributed by atoms with Crippen LogP contribution in [-0.4, -0.2) is 23.0 Å². The van der Waals surface area contributed by atoms with Gasteiger partial charge in [0.1, 0.15) is 11.9 Å². The molecule has 1 heterocycles. The van der Waals surface area contributed by atoms with E-state index < -0.39 is 12.1 Å². The Labute approximate surface area is 181 Å². The number of nitrogens with zero attached hydrogens (tertiary/aromatic N) is 1. The molecule has 0 aromatic heterocycles. The minimum atomic E-state index is -0.850. The van der Waals surface area contributed by atoms with E-state index >= 15 is 0 Å². The quantitative estimate of drug-likeness (QED) is 0.488. The maximum atomic E-state index is 13.3. The summed E-state index contributed by atoms with van der Waals surface area (Å²) < 4.78 is 5.25. The number of fused-ring (bicyclic) bond motifs is 2. The second kappa shape index (κ2) is 7.89. The molecule has 0 saturated heterocycles. The largest absolute Gasteiger partial charge is 0.497 e. The van der Waals surface area contributed by atoms with Crippen molar-refractivity contribution in [2.45, 2.75) is 18.7 Å². The minimum absolute atomic E-state index is 0.0595. The van der Waals surface area contributed by atoms with Crippen molar-refractivity contribution in [3.8, 4) is 5.75 Å². The van der Waals surface area contributed by atoms with Crippen LogP contribution in [0, 0.1) is 0 Å².